The number of hydrogen-bond acceptors (Lipinski definition) is 6. The Hall–Kier alpha value is -3.55. The molecule has 0 radical (unpaired) electrons. The van der Waals surface area contributed by atoms with E-state index in [1.54, 1.807) is 7.11 Å². The highest BCUT2D eigenvalue weighted by Gasteiger charge is 2.26. The Labute approximate surface area is 175 Å². The van der Waals surface area contributed by atoms with Crippen molar-refractivity contribution in [3.63, 3.8) is 0 Å². The van der Waals surface area contributed by atoms with E-state index >= 15 is 0 Å². The summed E-state index contributed by atoms with van der Waals surface area (Å²) < 4.78 is 5.31. The summed E-state index contributed by atoms with van der Waals surface area (Å²) in [7, 11) is 1.66. The first-order valence-electron chi connectivity index (χ1n) is 9.98. The first kappa shape index (κ1) is 19.8. The van der Waals surface area contributed by atoms with E-state index < -0.39 is 0 Å². The van der Waals surface area contributed by atoms with Gasteiger partial charge in [-0.2, -0.15) is 5.21 Å². The maximum absolute atomic E-state index is 13.1. The first-order chi connectivity index (χ1) is 14.5. The number of aryl methyl sites for hydroxylation is 2. The van der Waals surface area contributed by atoms with Gasteiger partial charge in [0.2, 0.25) is 0 Å². The predicted octanol–water partition coefficient (Wildman–Crippen LogP) is 3.14. The van der Waals surface area contributed by atoms with Gasteiger partial charge in [-0.05, 0) is 49.2 Å². The van der Waals surface area contributed by atoms with E-state index in [2.05, 4.69) is 45.5 Å². The molecule has 8 nitrogen and oxygen atoms in total. The SMILES string of the molecule is COc1cccc(N2CCN(C(=O)c3n[nH]nc3Nc3ccc(C)c(C)c3)CC2)c1. The summed E-state index contributed by atoms with van der Waals surface area (Å²) in [6, 6.07) is 14.0. The van der Waals surface area contributed by atoms with Gasteiger partial charge >= 0.3 is 0 Å². The molecule has 0 aliphatic carbocycles. The molecular formula is C22H26N6O2. The van der Waals surface area contributed by atoms with Gasteiger partial charge in [0.15, 0.2) is 11.5 Å². The van der Waals surface area contributed by atoms with Crippen LogP contribution in [0.5, 0.6) is 5.75 Å². The number of hydrogen-bond donors (Lipinski definition) is 2. The molecule has 0 saturated carbocycles. The highest BCUT2D eigenvalue weighted by atomic mass is 16.5. The van der Waals surface area contributed by atoms with E-state index in [1.165, 1.54) is 11.1 Å². The molecule has 2 heterocycles. The number of aromatic nitrogens is 3. The Balaban J connectivity index is 1.42. The normalized spacial score (nSPS) is 14.0. The molecule has 2 N–H and O–H groups in total. The Kier molecular flexibility index (Phi) is 5.56. The molecule has 1 aromatic heterocycles. The highest BCUT2D eigenvalue weighted by Crippen LogP contribution is 2.24. The summed E-state index contributed by atoms with van der Waals surface area (Å²) in [6.07, 6.45) is 0. The minimum atomic E-state index is -0.125. The van der Waals surface area contributed by atoms with Crippen molar-refractivity contribution in [2.24, 2.45) is 0 Å². The van der Waals surface area contributed by atoms with Crippen molar-refractivity contribution >= 4 is 23.1 Å². The lowest BCUT2D eigenvalue weighted by Crippen LogP contribution is -2.49. The van der Waals surface area contributed by atoms with Crippen LogP contribution in [0.2, 0.25) is 0 Å². The Morgan fingerprint density at radius 3 is 2.57 bits per heavy atom. The highest BCUT2D eigenvalue weighted by molar-refractivity contribution is 5.97. The van der Waals surface area contributed by atoms with Gasteiger partial charge in [-0.15, -0.1) is 10.2 Å². The number of anilines is 3. The number of methoxy groups -OCH3 is 1. The number of piperazine rings is 1. The molecule has 0 unspecified atom stereocenters. The van der Waals surface area contributed by atoms with Crippen molar-refractivity contribution in [2.75, 3.05) is 43.5 Å². The van der Waals surface area contributed by atoms with Crippen LogP contribution in [0.25, 0.3) is 0 Å². The average Bonchev–Trinajstić information content (AvgIpc) is 3.24. The number of ether oxygens (including phenoxy) is 1. The van der Waals surface area contributed by atoms with Crippen LogP contribution in [0.1, 0.15) is 21.6 Å². The minimum absolute atomic E-state index is 0.125. The molecule has 1 fully saturated rings. The third-order valence-electron chi connectivity index (χ3n) is 5.51. The van der Waals surface area contributed by atoms with Gasteiger partial charge in [0, 0.05) is 43.6 Å². The van der Waals surface area contributed by atoms with E-state index in [0.29, 0.717) is 24.6 Å². The predicted molar refractivity (Wildman–Crippen MR) is 117 cm³/mol. The van der Waals surface area contributed by atoms with Gasteiger partial charge in [-0.3, -0.25) is 4.79 Å². The zero-order valence-electron chi connectivity index (χ0n) is 17.5. The standard InChI is InChI=1S/C22H26N6O2/c1-15-7-8-17(13-16(15)2)23-21-20(24-26-25-21)22(29)28-11-9-27(10-12-28)18-5-4-6-19(14-18)30-3/h4-8,13-14H,9-12H2,1-3H3,(H2,23,24,25,26). The van der Waals surface area contributed by atoms with Gasteiger partial charge in [0.05, 0.1) is 7.11 Å². The van der Waals surface area contributed by atoms with Gasteiger partial charge in [0.1, 0.15) is 5.75 Å². The maximum atomic E-state index is 13.1. The molecule has 0 spiro atoms. The third-order valence-corrected chi connectivity index (χ3v) is 5.51. The van der Waals surface area contributed by atoms with Crippen molar-refractivity contribution in [3.8, 4) is 5.75 Å². The smallest absolute Gasteiger partial charge is 0.278 e. The number of nitrogens with zero attached hydrogens (tertiary/aromatic N) is 4. The van der Waals surface area contributed by atoms with Crippen LogP contribution >= 0.6 is 0 Å². The van der Waals surface area contributed by atoms with Gasteiger partial charge in [-0.1, -0.05) is 12.1 Å². The number of H-pyrrole nitrogens is 1. The molecule has 30 heavy (non-hydrogen) atoms. The molecule has 3 aromatic rings. The fraction of sp³-hybridized carbons (Fsp3) is 0.318. The fourth-order valence-corrected chi connectivity index (χ4v) is 3.55. The monoisotopic (exact) mass is 406 g/mol. The minimum Gasteiger partial charge on any atom is -0.497 e. The van der Waals surface area contributed by atoms with Crippen LogP contribution in [0.3, 0.4) is 0 Å². The average molecular weight is 406 g/mol. The maximum Gasteiger partial charge on any atom is 0.278 e. The first-order valence-corrected chi connectivity index (χ1v) is 9.98. The number of rotatable bonds is 5. The van der Waals surface area contributed by atoms with Crippen LogP contribution in [0.4, 0.5) is 17.2 Å². The third kappa shape index (κ3) is 4.07. The number of carbonyl (C=O) groups excluding carboxylic acids is 1. The summed E-state index contributed by atoms with van der Waals surface area (Å²) in [5.41, 5.74) is 4.67. The van der Waals surface area contributed by atoms with E-state index in [4.69, 9.17) is 4.74 Å². The fourth-order valence-electron chi connectivity index (χ4n) is 3.55. The summed E-state index contributed by atoms with van der Waals surface area (Å²) in [5, 5.41) is 14.0. The number of aromatic amines is 1. The van der Waals surface area contributed by atoms with Gasteiger partial charge in [-0.25, -0.2) is 0 Å². The largest absolute Gasteiger partial charge is 0.497 e. The number of carbonyl (C=O) groups is 1. The number of nitrogens with one attached hydrogen (secondary N) is 2. The van der Waals surface area contributed by atoms with E-state index in [0.717, 1.165) is 30.2 Å². The van der Waals surface area contributed by atoms with Crippen LogP contribution in [0.15, 0.2) is 42.5 Å². The Morgan fingerprint density at radius 2 is 1.83 bits per heavy atom. The van der Waals surface area contributed by atoms with Gasteiger partial charge in [0.25, 0.3) is 5.91 Å². The van der Waals surface area contributed by atoms with Crippen molar-refractivity contribution < 1.29 is 9.53 Å². The second-order valence-corrected chi connectivity index (χ2v) is 7.43. The molecule has 8 heteroatoms. The lowest BCUT2D eigenvalue weighted by atomic mass is 10.1. The zero-order valence-corrected chi connectivity index (χ0v) is 17.5. The topological polar surface area (TPSA) is 86.4 Å². The van der Waals surface area contributed by atoms with Crippen molar-refractivity contribution in [1.82, 2.24) is 20.3 Å². The van der Waals surface area contributed by atoms with Crippen molar-refractivity contribution in [3.05, 3.63) is 59.3 Å². The summed E-state index contributed by atoms with van der Waals surface area (Å²) in [4.78, 5) is 17.1. The summed E-state index contributed by atoms with van der Waals surface area (Å²) >= 11 is 0. The molecule has 0 atom stereocenters. The van der Waals surface area contributed by atoms with E-state index in [1.807, 2.05) is 41.3 Å². The molecule has 4 rings (SSSR count). The molecule has 1 amide bonds. The lowest BCUT2D eigenvalue weighted by Gasteiger charge is -2.36. The molecule has 1 aliphatic rings. The Morgan fingerprint density at radius 1 is 1.03 bits per heavy atom. The van der Waals surface area contributed by atoms with Crippen molar-refractivity contribution in [2.45, 2.75) is 13.8 Å². The molecule has 2 aromatic carbocycles. The summed E-state index contributed by atoms with van der Waals surface area (Å²) in [6.45, 7) is 6.85. The molecule has 1 aliphatic heterocycles. The van der Waals surface area contributed by atoms with Gasteiger partial charge < -0.3 is 19.9 Å². The second kappa shape index (κ2) is 8.44. The second-order valence-electron chi connectivity index (χ2n) is 7.43. The summed E-state index contributed by atoms with van der Waals surface area (Å²) in [5.74, 6) is 1.15. The molecular weight excluding hydrogens is 380 g/mol. The van der Waals surface area contributed by atoms with Crippen LogP contribution in [0, 0.1) is 13.8 Å². The van der Waals surface area contributed by atoms with Crippen LogP contribution in [-0.4, -0.2) is 59.5 Å². The van der Waals surface area contributed by atoms with E-state index in [-0.39, 0.29) is 5.91 Å². The molecule has 0 bridgehead atoms. The number of benzene rings is 2. The Bertz CT molecular complexity index is 1040. The van der Waals surface area contributed by atoms with Crippen LogP contribution < -0.4 is 15.0 Å². The van der Waals surface area contributed by atoms with E-state index in [9.17, 15) is 4.79 Å². The number of amides is 1. The van der Waals surface area contributed by atoms with Crippen molar-refractivity contribution in [1.29, 1.82) is 0 Å². The lowest BCUT2D eigenvalue weighted by molar-refractivity contribution is 0.0742. The zero-order chi connectivity index (χ0) is 21.1. The molecule has 1 saturated heterocycles. The molecule has 156 valence electrons. The van der Waals surface area contributed by atoms with Crippen LogP contribution in [-0.2, 0) is 0 Å². The quantitative estimate of drug-likeness (QED) is 0.677.